The number of carbonyl (C=O) groups excluding carboxylic acids is 2. The molecule has 3 heterocycles. The van der Waals surface area contributed by atoms with Gasteiger partial charge in [0.25, 0.3) is 0 Å². The molecule has 2 amide bonds. The molecule has 3 aliphatic rings. The van der Waals surface area contributed by atoms with Gasteiger partial charge in [0, 0.05) is 38.8 Å². The maximum Gasteiger partial charge on any atom is 0.410 e. The summed E-state index contributed by atoms with van der Waals surface area (Å²) in [5.41, 5.74) is 0.695. The van der Waals surface area contributed by atoms with Crippen molar-refractivity contribution in [2.24, 2.45) is 5.92 Å². The van der Waals surface area contributed by atoms with Gasteiger partial charge < -0.3 is 14.4 Å². The van der Waals surface area contributed by atoms with E-state index in [1.54, 1.807) is 0 Å². The Labute approximate surface area is 178 Å². The van der Waals surface area contributed by atoms with Crippen molar-refractivity contribution in [3.05, 3.63) is 35.9 Å². The van der Waals surface area contributed by atoms with Crippen molar-refractivity contribution in [2.45, 2.75) is 51.4 Å². The zero-order valence-corrected chi connectivity index (χ0v) is 18.3. The van der Waals surface area contributed by atoms with Crippen molar-refractivity contribution >= 4 is 12.0 Å². The average Bonchev–Trinajstić information content (AvgIpc) is 2.95. The summed E-state index contributed by atoms with van der Waals surface area (Å²) in [5.74, 6) is -0.0256. The van der Waals surface area contributed by atoms with Gasteiger partial charge >= 0.3 is 6.09 Å². The lowest BCUT2D eigenvalue weighted by molar-refractivity contribution is -0.140. The van der Waals surface area contributed by atoms with E-state index in [2.05, 4.69) is 17.0 Å². The van der Waals surface area contributed by atoms with E-state index in [0.717, 1.165) is 13.1 Å². The highest BCUT2D eigenvalue weighted by molar-refractivity contribution is 5.82. The molecule has 1 aromatic carbocycles. The molecule has 164 valence electrons. The first-order valence-electron chi connectivity index (χ1n) is 11.0. The molecule has 0 aromatic heterocycles. The Morgan fingerprint density at radius 1 is 1.10 bits per heavy atom. The van der Waals surface area contributed by atoms with Crippen LogP contribution in [0.25, 0.3) is 0 Å². The van der Waals surface area contributed by atoms with Crippen LogP contribution in [-0.4, -0.2) is 83.8 Å². The number of likely N-dealkylation sites (tertiary alicyclic amines) is 1. The third-order valence-corrected chi connectivity index (χ3v) is 6.15. The van der Waals surface area contributed by atoms with Crippen LogP contribution in [0.1, 0.15) is 32.8 Å². The van der Waals surface area contributed by atoms with Crippen molar-refractivity contribution in [2.75, 3.05) is 39.4 Å². The average molecular weight is 416 g/mol. The van der Waals surface area contributed by atoms with Crippen LogP contribution in [0, 0.1) is 5.92 Å². The molecular weight excluding hydrogens is 382 g/mol. The second-order valence-corrected chi connectivity index (χ2v) is 9.57. The number of benzene rings is 1. The van der Waals surface area contributed by atoms with Gasteiger partial charge in [-0.2, -0.15) is 0 Å². The fourth-order valence-electron chi connectivity index (χ4n) is 4.90. The SMILES string of the molecule is CC(C)(C)OC(=O)N1[C@H]2C[C@@H](C(=O)N3CCOCC3)[C@@H]1CN(Cc1ccccc1)C2. The van der Waals surface area contributed by atoms with Crippen molar-refractivity contribution in [3.8, 4) is 0 Å². The molecule has 2 bridgehead atoms. The normalized spacial score (nSPS) is 27.2. The van der Waals surface area contributed by atoms with E-state index in [1.165, 1.54) is 5.56 Å². The molecule has 3 saturated heterocycles. The summed E-state index contributed by atoms with van der Waals surface area (Å²) >= 11 is 0. The Morgan fingerprint density at radius 2 is 1.80 bits per heavy atom. The third kappa shape index (κ3) is 4.62. The first kappa shape index (κ1) is 21.1. The largest absolute Gasteiger partial charge is 0.444 e. The van der Waals surface area contributed by atoms with Crippen LogP contribution < -0.4 is 0 Å². The first-order chi connectivity index (χ1) is 14.3. The van der Waals surface area contributed by atoms with Crippen molar-refractivity contribution in [3.63, 3.8) is 0 Å². The lowest BCUT2D eigenvalue weighted by atomic mass is 9.98. The number of piperazine rings is 1. The highest BCUT2D eigenvalue weighted by Crippen LogP contribution is 2.37. The van der Waals surface area contributed by atoms with Crippen LogP contribution in [0.3, 0.4) is 0 Å². The van der Waals surface area contributed by atoms with E-state index in [0.29, 0.717) is 39.3 Å². The summed E-state index contributed by atoms with van der Waals surface area (Å²) < 4.78 is 11.1. The first-order valence-corrected chi connectivity index (χ1v) is 11.0. The number of rotatable bonds is 3. The maximum atomic E-state index is 13.3. The van der Waals surface area contributed by atoms with Gasteiger partial charge in [-0.15, -0.1) is 0 Å². The molecule has 7 heteroatoms. The minimum atomic E-state index is -0.554. The van der Waals surface area contributed by atoms with E-state index in [9.17, 15) is 9.59 Å². The summed E-state index contributed by atoms with van der Waals surface area (Å²) in [6.45, 7) is 10.4. The molecular formula is C23H33N3O4. The zero-order chi connectivity index (χ0) is 21.3. The number of carbonyl (C=O) groups is 2. The topological polar surface area (TPSA) is 62.3 Å². The number of ether oxygens (including phenoxy) is 2. The number of amides is 2. The Balaban J connectivity index is 1.52. The Morgan fingerprint density at radius 3 is 2.47 bits per heavy atom. The van der Waals surface area contributed by atoms with Crippen LogP contribution in [0.5, 0.6) is 0 Å². The van der Waals surface area contributed by atoms with Crippen LogP contribution in [0.15, 0.2) is 30.3 Å². The molecule has 7 nitrogen and oxygen atoms in total. The van der Waals surface area contributed by atoms with E-state index in [-0.39, 0.29) is 30.0 Å². The minimum Gasteiger partial charge on any atom is -0.444 e. The van der Waals surface area contributed by atoms with Gasteiger partial charge in [-0.25, -0.2) is 4.79 Å². The second-order valence-electron chi connectivity index (χ2n) is 9.57. The molecule has 0 N–H and O–H groups in total. The summed E-state index contributed by atoms with van der Waals surface area (Å²) in [6, 6.07) is 10.2. The quantitative estimate of drug-likeness (QED) is 0.758. The molecule has 3 atom stereocenters. The number of hydrogen-bond donors (Lipinski definition) is 0. The lowest BCUT2D eigenvalue weighted by Gasteiger charge is -2.42. The summed E-state index contributed by atoms with van der Waals surface area (Å²) in [7, 11) is 0. The molecule has 1 aromatic rings. The molecule has 0 radical (unpaired) electrons. The van der Waals surface area contributed by atoms with Gasteiger partial charge in [0.15, 0.2) is 0 Å². The lowest BCUT2D eigenvalue weighted by Crippen LogP contribution is -2.58. The monoisotopic (exact) mass is 415 g/mol. The van der Waals surface area contributed by atoms with Gasteiger partial charge in [0.05, 0.1) is 25.2 Å². The van der Waals surface area contributed by atoms with Gasteiger partial charge in [0.2, 0.25) is 5.91 Å². The van der Waals surface area contributed by atoms with Gasteiger partial charge in [-0.05, 0) is 32.8 Å². The van der Waals surface area contributed by atoms with Gasteiger partial charge in [-0.3, -0.25) is 14.6 Å². The molecule has 30 heavy (non-hydrogen) atoms. The zero-order valence-electron chi connectivity index (χ0n) is 18.3. The van der Waals surface area contributed by atoms with Crippen LogP contribution in [0.4, 0.5) is 4.79 Å². The molecule has 4 rings (SSSR count). The number of morpholine rings is 1. The van der Waals surface area contributed by atoms with E-state index < -0.39 is 5.60 Å². The van der Waals surface area contributed by atoms with Crippen LogP contribution in [-0.2, 0) is 20.8 Å². The van der Waals surface area contributed by atoms with Gasteiger partial charge in [-0.1, -0.05) is 30.3 Å². The van der Waals surface area contributed by atoms with E-state index in [4.69, 9.17) is 9.47 Å². The predicted octanol–water partition coefficient (Wildman–Crippen LogP) is 2.36. The van der Waals surface area contributed by atoms with E-state index in [1.807, 2.05) is 48.8 Å². The Kier molecular flexibility index (Phi) is 6.02. The Hall–Kier alpha value is -2.12. The number of fused-ring (bicyclic) bond motifs is 2. The summed E-state index contributed by atoms with van der Waals surface area (Å²) in [4.78, 5) is 32.5. The van der Waals surface area contributed by atoms with Crippen molar-refractivity contribution < 1.29 is 19.1 Å². The molecule has 3 fully saturated rings. The smallest absolute Gasteiger partial charge is 0.410 e. The van der Waals surface area contributed by atoms with Crippen molar-refractivity contribution in [1.29, 1.82) is 0 Å². The van der Waals surface area contributed by atoms with Gasteiger partial charge in [0.1, 0.15) is 5.60 Å². The fourth-order valence-corrected chi connectivity index (χ4v) is 4.90. The third-order valence-electron chi connectivity index (χ3n) is 6.15. The fraction of sp³-hybridized carbons (Fsp3) is 0.652. The Bertz CT molecular complexity index is 757. The number of nitrogens with zero attached hydrogens (tertiary/aromatic N) is 3. The second kappa shape index (κ2) is 8.55. The summed E-state index contributed by atoms with van der Waals surface area (Å²) in [6.07, 6.45) is 0.403. The predicted molar refractivity (Wildman–Crippen MR) is 113 cm³/mol. The van der Waals surface area contributed by atoms with Crippen LogP contribution in [0.2, 0.25) is 0 Å². The molecule has 3 aliphatic heterocycles. The highest BCUT2D eigenvalue weighted by atomic mass is 16.6. The maximum absolute atomic E-state index is 13.3. The molecule has 0 spiro atoms. The summed E-state index contributed by atoms with van der Waals surface area (Å²) in [5, 5.41) is 0. The highest BCUT2D eigenvalue weighted by Gasteiger charge is 2.52. The van der Waals surface area contributed by atoms with Crippen molar-refractivity contribution in [1.82, 2.24) is 14.7 Å². The minimum absolute atomic E-state index is 0.00250. The van der Waals surface area contributed by atoms with Crippen LogP contribution >= 0.6 is 0 Å². The molecule has 0 saturated carbocycles. The molecule has 0 aliphatic carbocycles. The van der Waals surface area contributed by atoms with E-state index >= 15 is 0 Å². The standard InChI is InChI=1S/C23H33N3O4/c1-23(2,3)30-22(28)26-18-13-19(21(27)25-9-11-29-12-10-25)20(26)16-24(15-18)14-17-7-5-4-6-8-17/h4-8,18-20H,9-16H2,1-3H3/t18-,19+,20-/m0/s1. The molecule has 0 unspecified atom stereocenters. The number of hydrogen-bond acceptors (Lipinski definition) is 5.